The molecule has 0 saturated heterocycles. The van der Waals surface area contributed by atoms with E-state index in [4.69, 9.17) is 5.73 Å². The topological polar surface area (TPSA) is 103 Å². The van der Waals surface area contributed by atoms with Crippen LogP contribution < -0.4 is 11.1 Å². The van der Waals surface area contributed by atoms with Gasteiger partial charge in [0.05, 0.1) is 5.69 Å². The SMILES string of the molecule is CC(C)c1nn(CC2CC(F)(F)C2)c(C(=O)Nc2ccnc(C(N)=O)c2)c1C(F)(F)F. The lowest BCUT2D eigenvalue weighted by Gasteiger charge is -2.35. The fourth-order valence-electron chi connectivity index (χ4n) is 3.52. The van der Waals surface area contributed by atoms with Crippen molar-refractivity contribution < 1.29 is 31.5 Å². The Morgan fingerprint density at radius 2 is 1.97 bits per heavy atom. The fourth-order valence-corrected chi connectivity index (χ4v) is 3.52. The van der Waals surface area contributed by atoms with E-state index in [1.807, 2.05) is 0 Å². The highest BCUT2D eigenvalue weighted by Crippen LogP contribution is 2.44. The summed E-state index contributed by atoms with van der Waals surface area (Å²) in [7, 11) is 0. The minimum Gasteiger partial charge on any atom is -0.364 e. The first-order chi connectivity index (χ1) is 14.3. The van der Waals surface area contributed by atoms with Crippen LogP contribution in [0.25, 0.3) is 0 Å². The van der Waals surface area contributed by atoms with Crippen LogP contribution in [0, 0.1) is 5.92 Å². The fraction of sp³-hybridized carbons (Fsp3) is 0.474. The molecule has 7 nitrogen and oxygen atoms in total. The largest absolute Gasteiger partial charge is 0.420 e. The van der Waals surface area contributed by atoms with Crippen molar-refractivity contribution in [2.75, 3.05) is 5.32 Å². The zero-order valence-corrected chi connectivity index (χ0v) is 16.6. The van der Waals surface area contributed by atoms with E-state index in [1.54, 1.807) is 0 Å². The van der Waals surface area contributed by atoms with Gasteiger partial charge in [-0.05, 0) is 24.0 Å². The summed E-state index contributed by atoms with van der Waals surface area (Å²) in [5.41, 5.74) is 2.59. The number of aromatic nitrogens is 3. The summed E-state index contributed by atoms with van der Waals surface area (Å²) in [4.78, 5) is 27.8. The number of anilines is 1. The van der Waals surface area contributed by atoms with Crippen LogP contribution >= 0.6 is 0 Å². The van der Waals surface area contributed by atoms with Crippen LogP contribution in [0.5, 0.6) is 0 Å². The Kier molecular flexibility index (Phi) is 5.76. The highest BCUT2D eigenvalue weighted by molar-refractivity contribution is 6.05. The molecule has 12 heteroatoms. The minimum absolute atomic E-state index is 0.00375. The molecule has 3 rings (SSSR count). The van der Waals surface area contributed by atoms with Crippen molar-refractivity contribution >= 4 is 17.5 Å². The normalized spacial score (nSPS) is 16.3. The van der Waals surface area contributed by atoms with Crippen LogP contribution in [-0.4, -0.2) is 32.5 Å². The van der Waals surface area contributed by atoms with Crippen molar-refractivity contribution in [3.63, 3.8) is 0 Å². The molecule has 0 bridgehead atoms. The molecule has 0 aliphatic heterocycles. The molecule has 168 valence electrons. The summed E-state index contributed by atoms with van der Waals surface area (Å²) in [5, 5.41) is 6.25. The number of nitrogens with two attached hydrogens (primary N) is 1. The van der Waals surface area contributed by atoms with Crippen molar-refractivity contribution in [3.05, 3.63) is 41.0 Å². The lowest BCUT2D eigenvalue weighted by Crippen LogP contribution is -2.38. The molecule has 2 aromatic rings. The number of nitrogens with one attached hydrogen (secondary N) is 1. The van der Waals surface area contributed by atoms with Gasteiger partial charge in [0.25, 0.3) is 11.8 Å². The first-order valence-corrected chi connectivity index (χ1v) is 9.41. The van der Waals surface area contributed by atoms with Gasteiger partial charge < -0.3 is 11.1 Å². The van der Waals surface area contributed by atoms with Gasteiger partial charge in [-0.3, -0.25) is 19.3 Å². The number of hydrogen-bond donors (Lipinski definition) is 2. The third kappa shape index (κ3) is 4.83. The second-order valence-corrected chi connectivity index (χ2v) is 7.82. The Balaban J connectivity index is 2.02. The van der Waals surface area contributed by atoms with Crippen molar-refractivity contribution in [1.29, 1.82) is 0 Å². The molecule has 0 unspecified atom stereocenters. The van der Waals surface area contributed by atoms with Gasteiger partial charge in [-0.15, -0.1) is 0 Å². The standard InChI is InChI=1S/C19H20F5N5O2/c1-9(2)14-13(19(22,23)24)15(29(28-14)8-10-6-18(20,21)7-10)17(31)27-11-3-4-26-12(5-11)16(25)30/h3-5,9-10H,6-8H2,1-2H3,(H2,25,30)(H,26,27,31). The molecule has 2 heterocycles. The zero-order chi connectivity index (χ0) is 23.1. The van der Waals surface area contributed by atoms with Crippen LogP contribution in [0.3, 0.4) is 0 Å². The van der Waals surface area contributed by atoms with Gasteiger partial charge in [0, 0.05) is 31.3 Å². The molecule has 1 saturated carbocycles. The summed E-state index contributed by atoms with van der Waals surface area (Å²) in [6.45, 7) is 2.73. The molecule has 3 N–H and O–H groups in total. The summed E-state index contributed by atoms with van der Waals surface area (Å²) >= 11 is 0. The van der Waals surface area contributed by atoms with E-state index in [9.17, 15) is 31.5 Å². The summed E-state index contributed by atoms with van der Waals surface area (Å²) < 4.78 is 68.9. The quantitative estimate of drug-likeness (QED) is 0.660. The van der Waals surface area contributed by atoms with Gasteiger partial charge in [0.2, 0.25) is 5.92 Å². The summed E-state index contributed by atoms with van der Waals surface area (Å²) in [5.74, 6) is -6.17. The summed E-state index contributed by atoms with van der Waals surface area (Å²) in [6.07, 6.45) is -4.71. The molecule has 2 amide bonds. The first kappa shape index (κ1) is 22.6. The van der Waals surface area contributed by atoms with E-state index in [1.165, 1.54) is 19.9 Å². The monoisotopic (exact) mass is 445 g/mol. The van der Waals surface area contributed by atoms with E-state index in [2.05, 4.69) is 15.4 Å². The highest BCUT2D eigenvalue weighted by atomic mass is 19.4. The van der Waals surface area contributed by atoms with Gasteiger partial charge in [-0.25, -0.2) is 8.78 Å². The van der Waals surface area contributed by atoms with Gasteiger partial charge >= 0.3 is 6.18 Å². The minimum atomic E-state index is -4.90. The van der Waals surface area contributed by atoms with Gasteiger partial charge in [-0.2, -0.15) is 18.3 Å². The number of nitrogens with zero attached hydrogens (tertiary/aromatic N) is 3. The van der Waals surface area contributed by atoms with Crippen molar-refractivity contribution in [2.24, 2.45) is 11.7 Å². The number of halogens is 5. The second kappa shape index (κ2) is 7.89. The molecule has 0 aromatic carbocycles. The van der Waals surface area contributed by atoms with Crippen molar-refractivity contribution in [2.45, 2.75) is 51.3 Å². The second-order valence-electron chi connectivity index (χ2n) is 7.82. The number of amides is 2. The van der Waals surface area contributed by atoms with Crippen LogP contribution in [-0.2, 0) is 12.7 Å². The predicted molar refractivity (Wildman–Crippen MR) is 99.7 cm³/mol. The predicted octanol–water partition coefficient (Wildman–Crippen LogP) is 3.82. The van der Waals surface area contributed by atoms with Gasteiger partial charge in [0.15, 0.2) is 0 Å². The number of alkyl halides is 5. The van der Waals surface area contributed by atoms with Crippen LogP contribution in [0.4, 0.5) is 27.6 Å². The number of hydrogen-bond acceptors (Lipinski definition) is 4. The molecule has 2 aromatic heterocycles. The van der Waals surface area contributed by atoms with E-state index < -0.39 is 59.8 Å². The Hall–Kier alpha value is -3.05. The Morgan fingerprint density at radius 1 is 1.32 bits per heavy atom. The van der Waals surface area contributed by atoms with E-state index in [-0.39, 0.29) is 23.6 Å². The lowest BCUT2D eigenvalue weighted by atomic mass is 9.81. The molecule has 0 spiro atoms. The van der Waals surface area contributed by atoms with Crippen LogP contribution in [0.1, 0.15) is 64.8 Å². The van der Waals surface area contributed by atoms with E-state index >= 15 is 0 Å². The Bertz CT molecular complexity index is 1010. The third-order valence-corrected chi connectivity index (χ3v) is 4.90. The first-order valence-electron chi connectivity index (χ1n) is 9.41. The highest BCUT2D eigenvalue weighted by Gasteiger charge is 2.47. The number of carbonyl (C=O) groups excluding carboxylic acids is 2. The van der Waals surface area contributed by atoms with E-state index in [0.29, 0.717) is 0 Å². The average molecular weight is 445 g/mol. The Morgan fingerprint density at radius 3 is 2.48 bits per heavy atom. The van der Waals surface area contributed by atoms with Crippen molar-refractivity contribution in [1.82, 2.24) is 14.8 Å². The smallest absolute Gasteiger partial charge is 0.364 e. The van der Waals surface area contributed by atoms with E-state index in [0.717, 1.165) is 16.9 Å². The van der Waals surface area contributed by atoms with Gasteiger partial charge in [0.1, 0.15) is 17.0 Å². The van der Waals surface area contributed by atoms with Gasteiger partial charge in [-0.1, -0.05) is 13.8 Å². The summed E-state index contributed by atoms with van der Waals surface area (Å²) in [6, 6.07) is 2.39. The lowest BCUT2D eigenvalue weighted by molar-refractivity contribution is -0.139. The number of primary amides is 1. The molecule has 31 heavy (non-hydrogen) atoms. The van der Waals surface area contributed by atoms with Crippen LogP contribution in [0.2, 0.25) is 0 Å². The number of pyridine rings is 1. The maximum atomic E-state index is 13.9. The molecular formula is C19H20F5N5O2. The molecule has 1 aliphatic carbocycles. The molecule has 0 atom stereocenters. The average Bonchev–Trinajstić information content (AvgIpc) is 3.00. The number of carbonyl (C=O) groups is 2. The third-order valence-electron chi connectivity index (χ3n) is 4.90. The van der Waals surface area contributed by atoms with Crippen LogP contribution in [0.15, 0.2) is 18.3 Å². The zero-order valence-electron chi connectivity index (χ0n) is 16.6. The van der Waals surface area contributed by atoms with Crippen molar-refractivity contribution in [3.8, 4) is 0 Å². The number of rotatable bonds is 6. The molecule has 1 aliphatic rings. The molecule has 1 fully saturated rings. The molecular weight excluding hydrogens is 425 g/mol. The maximum Gasteiger partial charge on any atom is 0.420 e. The maximum absolute atomic E-state index is 13.9. The molecule has 0 radical (unpaired) electrons. The Labute approximate surface area is 173 Å².